The third kappa shape index (κ3) is 8.41. The molecule has 5 aromatic rings. The summed E-state index contributed by atoms with van der Waals surface area (Å²) in [5.74, 6) is 0.969. The molecule has 3 aromatic carbocycles. The van der Waals surface area contributed by atoms with Gasteiger partial charge >= 0.3 is 12.2 Å². The van der Waals surface area contributed by atoms with Gasteiger partial charge in [0, 0.05) is 25.2 Å². The second-order valence-corrected chi connectivity index (χ2v) is 21.8. The topological polar surface area (TPSA) is 184 Å². The molecule has 4 N–H and O–H groups in total. The van der Waals surface area contributed by atoms with Crippen LogP contribution in [0.3, 0.4) is 0 Å². The van der Waals surface area contributed by atoms with E-state index in [1.54, 1.807) is 13.1 Å². The van der Waals surface area contributed by atoms with E-state index in [2.05, 4.69) is 82.2 Å². The highest BCUT2D eigenvalue weighted by Gasteiger charge is 2.46. The first-order valence-electron chi connectivity index (χ1n) is 20.1. The lowest BCUT2D eigenvalue weighted by atomic mass is 9.99. The maximum Gasteiger partial charge on any atom is 0.407 e. The number of aromatic nitrogens is 4. The van der Waals surface area contributed by atoms with Gasteiger partial charge in [0.05, 0.1) is 63.4 Å². The third-order valence-corrected chi connectivity index (χ3v) is 14.4. The van der Waals surface area contributed by atoms with E-state index in [1.807, 2.05) is 29.7 Å². The van der Waals surface area contributed by atoms with Crippen molar-refractivity contribution in [3.8, 4) is 22.4 Å². The predicted molar refractivity (Wildman–Crippen MR) is 227 cm³/mol. The van der Waals surface area contributed by atoms with E-state index in [1.165, 1.54) is 21.3 Å². The molecule has 59 heavy (non-hydrogen) atoms. The number of hydrogen-bond donors (Lipinski definition) is 4. The molecule has 2 fully saturated rings. The van der Waals surface area contributed by atoms with Gasteiger partial charge in [0.1, 0.15) is 23.7 Å². The van der Waals surface area contributed by atoms with Crippen molar-refractivity contribution in [2.45, 2.75) is 83.0 Å². The van der Waals surface area contributed by atoms with E-state index in [4.69, 9.17) is 24.2 Å². The predicted octanol–water partition coefficient (Wildman–Crippen LogP) is 6.71. The zero-order chi connectivity index (χ0) is 42.2. The number of alkyl carbamates (subject to hydrolysis) is 2. The van der Waals surface area contributed by atoms with Gasteiger partial charge in [-0.1, -0.05) is 69.4 Å². The Kier molecular flexibility index (Phi) is 11.8. The molecule has 5 atom stereocenters. The fourth-order valence-electron chi connectivity index (χ4n) is 8.47. The van der Waals surface area contributed by atoms with Crippen LogP contribution in [-0.4, -0.2) is 114 Å². The summed E-state index contributed by atoms with van der Waals surface area (Å²) in [4.78, 5) is 72.3. The van der Waals surface area contributed by atoms with Crippen LogP contribution in [0.1, 0.15) is 57.3 Å². The standard InChI is InChI=1S/C43H54N8O7Si/c1-24(2)35(48-42(54)57-5)40(52)50-19-9-10-33(50)38-44-21-32(46-38)27-13-11-26(12-14-27)28-15-17-30-29(20-28)16-18-31-37(30)47-39(45-31)34-22-59(7,8)23-51(34)41(53)36(25(3)56-4)49-43(55)58-6/h11-18,20-21,24-25,33-36H,9-10,19,22-23H2,1-8H3,(H,44,46)(H,45,47)(H,48,54)(H,49,55)/t25?,33-,34-,35-,36-/m0/s1. The molecule has 2 saturated heterocycles. The second-order valence-electron chi connectivity index (χ2n) is 16.7. The van der Waals surface area contributed by atoms with Gasteiger partial charge in [-0.3, -0.25) is 9.59 Å². The van der Waals surface area contributed by atoms with Crippen LogP contribution < -0.4 is 10.6 Å². The number of carbonyl (C=O) groups excluding carboxylic acids is 4. The van der Waals surface area contributed by atoms with E-state index in [0.29, 0.717) is 12.7 Å². The number of likely N-dealkylation sites (tertiary alicyclic amines) is 1. The van der Waals surface area contributed by atoms with Gasteiger partial charge in [-0.15, -0.1) is 0 Å². The normalized spacial score (nSPS) is 19.2. The molecule has 1 unspecified atom stereocenters. The molecule has 0 aliphatic carbocycles. The molecule has 0 bridgehead atoms. The molecule has 4 amide bonds. The van der Waals surface area contributed by atoms with Crippen molar-refractivity contribution in [2.75, 3.05) is 34.0 Å². The number of nitrogens with zero attached hydrogens (tertiary/aromatic N) is 4. The maximum absolute atomic E-state index is 14.1. The number of methoxy groups -OCH3 is 3. The van der Waals surface area contributed by atoms with Crippen molar-refractivity contribution in [1.82, 2.24) is 40.4 Å². The highest BCUT2D eigenvalue weighted by Crippen LogP contribution is 2.39. The fourth-order valence-corrected chi connectivity index (χ4v) is 11.4. The number of imidazole rings is 2. The van der Waals surface area contributed by atoms with Crippen LogP contribution in [0.25, 0.3) is 44.2 Å². The van der Waals surface area contributed by atoms with Gasteiger partial charge in [0.2, 0.25) is 11.8 Å². The summed E-state index contributed by atoms with van der Waals surface area (Å²) >= 11 is 0. The average molecular weight is 823 g/mol. The van der Waals surface area contributed by atoms with Crippen molar-refractivity contribution in [1.29, 1.82) is 0 Å². The molecule has 312 valence electrons. The molecular formula is C43H54N8O7Si. The van der Waals surface area contributed by atoms with Crippen LogP contribution in [0, 0.1) is 5.92 Å². The quantitative estimate of drug-likeness (QED) is 0.105. The number of carbonyl (C=O) groups is 4. The number of rotatable bonds is 11. The number of benzene rings is 3. The summed E-state index contributed by atoms with van der Waals surface area (Å²) in [6, 6.07) is 17.5. The van der Waals surface area contributed by atoms with E-state index < -0.39 is 38.4 Å². The molecule has 2 aliphatic rings. The Morgan fingerprint density at radius 3 is 2.14 bits per heavy atom. The first-order valence-corrected chi connectivity index (χ1v) is 23.5. The minimum atomic E-state index is -1.82. The smallest absolute Gasteiger partial charge is 0.407 e. The zero-order valence-corrected chi connectivity index (χ0v) is 35.9. The van der Waals surface area contributed by atoms with Gasteiger partial charge in [0.15, 0.2) is 0 Å². The second kappa shape index (κ2) is 16.9. The highest BCUT2D eigenvalue weighted by atomic mass is 28.3. The van der Waals surface area contributed by atoms with Gasteiger partial charge in [-0.05, 0) is 65.9 Å². The van der Waals surface area contributed by atoms with E-state index in [0.717, 1.165) is 74.7 Å². The van der Waals surface area contributed by atoms with Crippen molar-refractivity contribution in [3.05, 3.63) is 72.4 Å². The van der Waals surface area contributed by atoms with Crippen LogP contribution >= 0.6 is 0 Å². The van der Waals surface area contributed by atoms with Crippen LogP contribution in [0.15, 0.2) is 60.8 Å². The van der Waals surface area contributed by atoms with E-state index in [-0.39, 0.29) is 29.8 Å². The van der Waals surface area contributed by atoms with E-state index in [9.17, 15) is 19.2 Å². The molecule has 2 aromatic heterocycles. The maximum atomic E-state index is 14.1. The van der Waals surface area contributed by atoms with Gasteiger partial charge < -0.3 is 44.6 Å². The van der Waals surface area contributed by atoms with Crippen LogP contribution in [0.4, 0.5) is 9.59 Å². The van der Waals surface area contributed by atoms with Gasteiger partial charge in [-0.2, -0.15) is 0 Å². The Morgan fingerprint density at radius 2 is 1.46 bits per heavy atom. The third-order valence-electron chi connectivity index (χ3n) is 11.7. The molecule has 16 heteroatoms. The molecule has 0 radical (unpaired) electrons. The van der Waals surface area contributed by atoms with Crippen molar-refractivity contribution < 1.29 is 33.4 Å². The Morgan fingerprint density at radius 1 is 0.797 bits per heavy atom. The molecule has 2 aliphatic heterocycles. The number of amides is 4. The largest absolute Gasteiger partial charge is 0.453 e. The first kappa shape index (κ1) is 41.4. The lowest BCUT2D eigenvalue weighted by Crippen LogP contribution is -2.54. The summed E-state index contributed by atoms with van der Waals surface area (Å²) in [5, 5.41) is 7.42. The number of ether oxygens (including phenoxy) is 3. The first-order chi connectivity index (χ1) is 28.2. The summed E-state index contributed by atoms with van der Waals surface area (Å²) in [6.45, 7) is 10.7. The molecule has 15 nitrogen and oxygen atoms in total. The van der Waals surface area contributed by atoms with Crippen LogP contribution in [-0.2, 0) is 23.8 Å². The van der Waals surface area contributed by atoms with Crippen molar-refractivity contribution >= 4 is 53.9 Å². The average Bonchev–Trinajstić information content (AvgIpc) is 4.06. The minimum Gasteiger partial charge on any atom is -0.453 e. The zero-order valence-electron chi connectivity index (χ0n) is 34.9. The number of fused-ring (bicyclic) bond motifs is 3. The van der Waals surface area contributed by atoms with Crippen molar-refractivity contribution in [3.63, 3.8) is 0 Å². The number of aromatic amines is 2. The monoisotopic (exact) mass is 822 g/mol. The summed E-state index contributed by atoms with van der Waals surface area (Å²) in [7, 11) is 2.25. The molecular weight excluding hydrogens is 769 g/mol. The van der Waals surface area contributed by atoms with E-state index >= 15 is 0 Å². The number of nitrogens with one attached hydrogen (secondary N) is 4. The number of H-pyrrole nitrogens is 2. The summed E-state index contributed by atoms with van der Waals surface area (Å²) < 4.78 is 15.1. The Bertz CT molecular complexity index is 2360. The fraction of sp³-hybridized carbons (Fsp3) is 0.442. The summed E-state index contributed by atoms with van der Waals surface area (Å²) in [5.41, 5.74) is 5.66. The van der Waals surface area contributed by atoms with Gasteiger partial charge in [0.25, 0.3) is 0 Å². The van der Waals surface area contributed by atoms with Crippen LogP contribution in [0.2, 0.25) is 19.1 Å². The lowest BCUT2D eigenvalue weighted by Gasteiger charge is -2.31. The number of hydrogen-bond acceptors (Lipinski definition) is 9. The minimum absolute atomic E-state index is 0.111. The SMILES string of the molecule is COC(=O)N[C@H](C(=O)N1CCC[C@H]1c1ncc(-c2ccc(-c3ccc4c(ccc5[nH]c([C@@H]6C[Si](C)(C)CN6C(=O)[C@@H](NC(=O)OC)C(C)OC)nc54)c3)cc2)[nH]1)C(C)C. The van der Waals surface area contributed by atoms with Crippen molar-refractivity contribution in [2.24, 2.45) is 5.92 Å². The molecule has 7 rings (SSSR count). The Labute approximate surface area is 344 Å². The molecule has 4 heterocycles. The van der Waals surface area contributed by atoms with Gasteiger partial charge in [-0.25, -0.2) is 19.6 Å². The Hall–Kier alpha value is -5.74. The molecule has 0 saturated carbocycles. The highest BCUT2D eigenvalue weighted by molar-refractivity contribution is 6.78. The molecule has 0 spiro atoms. The summed E-state index contributed by atoms with van der Waals surface area (Å²) in [6.07, 6.45) is 2.17. The lowest BCUT2D eigenvalue weighted by molar-refractivity contribution is -0.137. The Balaban J connectivity index is 1.09. The van der Waals surface area contributed by atoms with Crippen LogP contribution in [0.5, 0.6) is 0 Å².